The number of hydrogen-bond acceptors (Lipinski definition) is 5. The van der Waals surface area contributed by atoms with Crippen molar-refractivity contribution < 1.29 is 18.7 Å². The zero-order valence-electron chi connectivity index (χ0n) is 18.0. The fourth-order valence-electron chi connectivity index (χ4n) is 4.15. The number of rotatable bonds is 3. The summed E-state index contributed by atoms with van der Waals surface area (Å²) in [6.07, 6.45) is 2.67. The van der Waals surface area contributed by atoms with Crippen LogP contribution in [0.1, 0.15) is 46.5 Å². The largest absolute Gasteiger partial charge is 0.444 e. The molecule has 1 unspecified atom stereocenters. The van der Waals surface area contributed by atoms with E-state index in [1.165, 1.54) is 23.9 Å². The van der Waals surface area contributed by atoms with Gasteiger partial charge in [0.15, 0.2) is 5.50 Å². The van der Waals surface area contributed by atoms with Crippen LogP contribution < -0.4 is 16.0 Å². The third-order valence-electron chi connectivity index (χ3n) is 5.49. The number of hydrogen-bond donors (Lipinski definition) is 3. The highest BCUT2D eigenvalue weighted by atomic mass is 32.2. The quantitative estimate of drug-likeness (QED) is 0.621. The highest BCUT2D eigenvalue weighted by Gasteiger charge is 2.32. The lowest BCUT2D eigenvalue weighted by molar-refractivity contribution is -0.126. The highest BCUT2D eigenvalue weighted by molar-refractivity contribution is 8.00. The first kappa shape index (κ1) is 21.7. The Morgan fingerprint density at radius 3 is 2.74 bits per heavy atom. The minimum atomic E-state index is -0.550. The topological polar surface area (TPSA) is 79.5 Å². The average Bonchev–Trinajstić information content (AvgIpc) is 3.09. The predicted octanol–water partition coefficient (Wildman–Crippen LogP) is 4.98. The maximum Gasteiger partial charge on any atom is 0.407 e. The number of nitrogens with one attached hydrogen (secondary N) is 3. The van der Waals surface area contributed by atoms with E-state index >= 15 is 0 Å². The van der Waals surface area contributed by atoms with E-state index in [2.05, 4.69) is 16.0 Å². The van der Waals surface area contributed by atoms with E-state index in [4.69, 9.17) is 4.74 Å². The van der Waals surface area contributed by atoms with Gasteiger partial charge in [-0.1, -0.05) is 30.3 Å². The van der Waals surface area contributed by atoms with E-state index < -0.39 is 11.7 Å². The number of carbonyl (C=O) groups is 2. The molecule has 0 bridgehead atoms. The first-order chi connectivity index (χ1) is 14.7. The van der Waals surface area contributed by atoms with Gasteiger partial charge in [-0.25, -0.2) is 9.18 Å². The Bertz CT molecular complexity index is 1010. The van der Waals surface area contributed by atoms with Gasteiger partial charge in [-0.2, -0.15) is 0 Å². The first-order valence-corrected chi connectivity index (χ1v) is 11.5. The van der Waals surface area contributed by atoms with Gasteiger partial charge in [0.25, 0.3) is 0 Å². The maximum absolute atomic E-state index is 13.5. The normalized spacial score (nSPS) is 23.0. The summed E-state index contributed by atoms with van der Waals surface area (Å²) in [6, 6.07) is 8.47. The molecule has 8 heteroatoms. The Balaban J connectivity index is 1.35. The van der Waals surface area contributed by atoms with Gasteiger partial charge in [-0.05, 0) is 69.0 Å². The third kappa shape index (κ3) is 5.23. The molecule has 3 N–H and O–H groups in total. The number of anilines is 1. The van der Waals surface area contributed by atoms with Crippen LogP contribution in [0.25, 0.3) is 10.8 Å². The molecule has 31 heavy (non-hydrogen) atoms. The molecule has 0 radical (unpaired) electrons. The molecule has 2 aromatic carbocycles. The Kier molecular flexibility index (Phi) is 6.01. The second-order valence-electron chi connectivity index (χ2n) is 9.17. The number of benzene rings is 2. The van der Waals surface area contributed by atoms with Crippen LogP contribution >= 0.6 is 11.8 Å². The molecule has 2 aliphatic rings. The van der Waals surface area contributed by atoms with E-state index in [1.807, 2.05) is 32.9 Å². The van der Waals surface area contributed by atoms with E-state index in [0.29, 0.717) is 6.42 Å². The van der Waals surface area contributed by atoms with Gasteiger partial charge >= 0.3 is 6.09 Å². The molecule has 3 atom stereocenters. The van der Waals surface area contributed by atoms with Crippen LogP contribution in [-0.2, 0) is 9.53 Å². The molecule has 1 aliphatic carbocycles. The zero-order chi connectivity index (χ0) is 22.2. The maximum atomic E-state index is 13.5. The van der Waals surface area contributed by atoms with Gasteiger partial charge < -0.3 is 20.7 Å². The molecule has 1 saturated carbocycles. The Hall–Kier alpha value is -2.48. The molecule has 0 saturated heterocycles. The average molecular weight is 446 g/mol. The summed E-state index contributed by atoms with van der Waals surface area (Å²) < 4.78 is 18.9. The van der Waals surface area contributed by atoms with Gasteiger partial charge in [-0.3, -0.25) is 4.79 Å². The fourth-order valence-corrected chi connectivity index (χ4v) is 5.31. The number of amides is 2. The number of thioether (sulfide) groups is 1. The van der Waals surface area contributed by atoms with Crippen LogP contribution in [-0.4, -0.2) is 29.1 Å². The number of carbonyl (C=O) groups excluding carboxylic acids is 2. The summed E-state index contributed by atoms with van der Waals surface area (Å²) in [5, 5.41) is 11.1. The standard InChI is InChI=1S/C23H28FN3O3S/c1-23(2,3)30-22(29)25-16-6-4-5-14(12-16)20(28)27-21-26-18-10-7-13-11-15(24)8-9-17(13)19(18)31-21/h7-11,14,16,21,26H,4-6,12H2,1-3H3,(H,25,29)(H,27,28)/t14-,16-,21?/m0/s1. The number of alkyl carbamates (subject to hydrolysis) is 1. The minimum absolute atomic E-state index is 0.0242. The van der Waals surface area contributed by atoms with E-state index in [1.54, 1.807) is 6.07 Å². The predicted molar refractivity (Wildman–Crippen MR) is 120 cm³/mol. The molecule has 4 rings (SSSR count). The second-order valence-corrected chi connectivity index (χ2v) is 10.3. The van der Waals surface area contributed by atoms with Crippen molar-refractivity contribution in [2.45, 2.75) is 68.5 Å². The molecule has 2 amide bonds. The molecular weight excluding hydrogens is 417 g/mol. The van der Waals surface area contributed by atoms with Crippen molar-refractivity contribution in [1.29, 1.82) is 0 Å². The summed E-state index contributed by atoms with van der Waals surface area (Å²) >= 11 is 1.53. The van der Waals surface area contributed by atoms with Gasteiger partial charge in [-0.15, -0.1) is 0 Å². The molecule has 6 nitrogen and oxygen atoms in total. The smallest absolute Gasteiger partial charge is 0.407 e. The molecule has 0 spiro atoms. The SMILES string of the molecule is CC(C)(C)OC(=O)N[C@H]1CCC[C@H](C(=O)NC2Nc3ccc4cc(F)ccc4c3S2)C1. The number of fused-ring (bicyclic) bond motifs is 3. The van der Waals surface area contributed by atoms with Gasteiger partial charge in [0.1, 0.15) is 11.4 Å². The van der Waals surface area contributed by atoms with E-state index in [0.717, 1.165) is 40.6 Å². The van der Waals surface area contributed by atoms with Crippen LogP contribution in [0.5, 0.6) is 0 Å². The van der Waals surface area contributed by atoms with Crippen LogP contribution in [0.3, 0.4) is 0 Å². The molecule has 1 heterocycles. The lowest BCUT2D eigenvalue weighted by Crippen LogP contribution is -2.46. The summed E-state index contributed by atoms with van der Waals surface area (Å²) in [4.78, 5) is 26.0. The van der Waals surface area contributed by atoms with Crippen molar-refractivity contribution in [3.05, 3.63) is 36.1 Å². The van der Waals surface area contributed by atoms with Gasteiger partial charge in [0.05, 0.1) is 5.69 Å². The third-order valence-corrected chi connectivity index (χ3v) is 6.64. The Morgan fingerprint density at radius 1 is 1.16 bits per heavy atom. The van der Waals surface area contributed by atoms with Crippen LogP contribution in [0, 0.1) is 11.7 Å². The summed E-state index contributed by atoms with van der Waals surface area (Å²) in [7, 11) is 0. The summed E-state index contributed by atoms with van der Waals surface area (Å²) in [5.74, 6) is -0.449. The van der Waals surface area contributed by atoms with Crippen molar-refractivity contribution in [2.24, 2.45) is 5.92 Å². The van der Waals surface area contributed by atoms with Crippen molar-refractivity contribution in [1.82, 2.24) is 10.6 Å². The van der Waals surface area contributed by atoms with Crippen molar-refractivity contribution in [2.75, 3.05) is 5.32 Å². The number of ether oxygens (including phenoxy) is 1. The minimum Gasteiger partial charge on any atom is -0.444 e. The van der Waals surface area contributed by atoms with Crippen LogP contribution in [0.15, 0.2) is 35.2 Å². The van der Waals surface area contributed by atoms with Gasteiger partial charge in [0.2, 0.25) is 5.91 Å². The van der Waals surface area contributed by atoms with E-state index in [-0.39, 0.29) is 29.2 Å². The summed E-state index contributed by atoms with van der Waals surface area (Å²) in [5.41, 5.74) is 0.103. The molecule has 1 aliphatic heterocycles. The lowest BCUT2D eigenvalue weighted by Gasteiger charge is -2.30. The van der Waals surface area contributed by atoms with Crippen molar-refractivity contribution >= 4 is 40.2 Å². The number of halogens is 1. The summed E-state index contributed by atoms with van der Waals surface area (Å²) in [6.45, 7) is 5.48. The molecular formula is C23H28FN3O3S. The molecule has 0 aromatic heterocycles. The molecule has 1 fully saturated rings. The fraction of sp³-hybridized carbons (Fsp3) is 0.478. The Morgan fingerprint density at radius 2 is 1.97 bits per heavy atom. The van der Waals surface area contributed by atoms with Gasteiger partial charge in [0, 0.05) is 16.9 Å². The highest BCUT2D eigenvalue weighted by Crippen LogP contribution is 2.42. The molecule has 2 aromatic rings. The monoisotopic (exact) mass is 445 g/mol. The first-order valence-electron chi connectivity index (χ1n) is 10.6. The molecule has 166 valence electrons. The van der Waals surface area contributed by atoms with Crippen molar-refractivity contribution in [3.8, 4) is 0 Å². The Labute approximate surface area is 185 Å². The van der Waals surface area contributed by atoms with Crippen LogP contribution in [0.4, 0.5) is 14.9 Å². The van der Waals surface area contributed by atoms with E-state index in [9.17, 15) is 14.0 Å². The zero-order valence-corrected chi connectivity index (χ0v) is 18.8. The van der Waals surface area contributed by atoms with Crippen LogP contribution in [0.2, 0.25) is 0 Å². The second kappa shape index (κ2) is 8.57. The lowest BCUT2D eigenvalue weighted by atomic mass is 9.85. The van der Waals surface area contributed by atoms with Crippen molar-refractivity contribution in [3.63, 3.8) is 0 Å².